The van der Waals surface area contributed by atoms with Gasteiger partial charge in [0.1, 0.15) is 0 Å². The van der Waals surface area contributed by atoms with E-state index in [4.69, 9.17) is 16.9 Å². The number of amides is 1. The van der Waals surface area contributed by atoms with E-state index in [1.807, 2.05) is 42.8 Å². The summed E-state index contributed by atoms with van der Waals surface area (Å²) in [5, 5.41) is 17.1. The first-order chi connectivity index (χ1) is 12.8. The molecule has 0 spiro atoms. The second-order valence-corrected chi connectivity index (χ2v) is 7.56. The van der Waals surface area contributed by atoms with Crippen molar-refractivity contribution in [3.63, 3.8) is 0 Å². The number of halogens is 1. The van der Waals surface area contributed by atoms with Gasteiger partial charge in [-0.25, -0.2) is 0 Å². The summed E-state index contributed by atoms with van der Waals surface area (Å²) >= 11 is 5.97. The third kappa shape index (κ3) is 5.58. The maximum absolute atomic E-state index is 12.6. The molecule has 0 aliphatic carbocycles. The summed E-state index contributed by atoms with van der Waals surface area (Å²) in [6, 6.07) is 9.71. The van der Waals surface area contributed by atoms with E-state index in [-0.39, 0.29) is 17.9 Å². The van der Waals surface area contributed by atoms with Crippen molar-refractivity contribution in [3.8, 4) is 6.07 Å². The first kappa shape index (κ1) is 21.0. The minimum Gasteiger partial charge on any atom is -0.349 e. The molecule has 1 aromatic heterocycles. The van der Waals surface area contributed by atoms with Crippen molar-refractivity contribution in [1.29, 1.82) is 5.26 Å². The van der Waals surface area contributed by atoms with Gasteiger partial charge in [-0.2, -0.15) is 10.4 Å². The highest BCUT2D eigenvalue weighted by molar-refractivity contribution is 6.30. The molecular weight excluding hydrogens is 360 g/mol. The minimum absolute atomic E-state index is 0.0206. The number of aryl methyl sites for hydroxylation is 2. The van der Waals surface area contributed by atoms with E-state index in [9.17, 15) is 4.79 Å². The molecule has 2 aromatic rings. The summed E-state index contributed by atoms with van der Waals surface area (Å²) < 4.78 is 1.86. The van der Waals surface area contributed by atoms with Crippen LogP contribution in [0.25, 0.3) is 0 Å². The molecule has 0 bridgehead atoms. The standard InChI is InChI=1S/C21H27ClN4O/c1-14(2)21(17-6-8-18(22)9-7-17)24-20(27)11-10-19-15(3)25-26(16(19)4)13-5-12-23/h6-9,14,21H,5,10-11,13H2,1-4H3,(H,24,27). The molecule has 144 valence electrons. The number of carbonyl (C=O) groups is 1. The predicted octanol–water partition coefficient (Wildman–Crippen LogP) is 4.51. The third-order valence-electron chi connectivity index (χ3n) is 4.78. The van der Waals surface area contributed by atoms with E-state index in [1.165, 1.54) is 0 Å². The van der Waals surface area contributed by atoms with Gasteiger partial charge in [0.2, 0.25) is 5.91 Å². The van der Waals surface area contributed by atoms with E-state index in [0.717, 1.165) is 22.5 Å². The van der Waals surface area contributed by atoms with Gasteiger partial charge in [-0.05, 0) is 49.4 Å². The summed E-state index contributed by atoms with van der Waals surface area (Å²) in [6.07, 6.45) is 1.48. The normalized spacial score (nSPS) is 12.0. The Bertz CT molecular complexity index is 818. The van der Waals surface area contributed by atoms with Crippen LogP contribution in [0, 0.1) is 31.1 Å². The van der Waals surface area contributed by atoms with Crippen LogP contribution < -0.4 is 5.32 Å². The highest BCUT2D eigenvalue weighted by Crippen LogP contribution is 2.24. The Kier molecular flexibility index (Phi) is 7.44. The number of nitrogens with one attached hydrogen (secondary N) is 1. The number of benzene rings is 1. The fraction of sp³-hybridized carbons (Fsp3) is 0.476. The Morgan fingerprint density at radius 3 is 2.56 bits per heavy atom. The molecule has 5 nitrogen and oxygen atoms in total. The summed E-state index contributed by atoms with van der Waals surface area (Å²) in [7, 11) is 0. The van der Waals surface area contributed by atoms with Gasteiger partial charge in [-0.3, -0.25) is 9.48 Å². The molecule has 1 atom stereocenters. The maximum Gasteiger partial charge on any atom is 0.220 e. The Hall–Kier alpha value is -2.32. The molecule has 27 heavy (non-hydrogen) atoms. The van der Waals surface area contributed by atoms with Crippen molar-refractivity contribution in [2.75, 3.05) is 0 Å². The molecule has 0 saturated heterocycles. The molecule has 1 heterocycles. The molecule has 2 rings (SSSR count). The van der Waals surface area contributed by atoms with Gasteiger partial charge in [-0.1, -0.05) is 37.6 Å². The van der Waals surface area contributed by atoms with Gasteiger partial charge < -0.3 is 5.32 Å². The molecule has 0 aliphatic rings. The van der Waals surface area contributed by atoms with Crippen LogP contribution in [-0.2, 0) is 17.8 Å². The first-order valence-electron chi connectivity index (χ1n) is 9.28. The quantitative estimate of drug-likeness (QED) is 0.725. The van der Waals surface area contributed by atoms with Crippen molar-refractivity contribution in [1.82, 2.24) is 15.1 Å². The number of carbonyl (C=O) groups excluding carboxylic acids is 1. The van der Waals surface area contributed by atoms with E-state index >= 15 is 0 Å². The van der Waals surface area contributed by atoms with Crippen LogP contribution in [0.15, 0.2) is 24.3 Å². The van der Waals surface area contributed by atoms with E-state index in [0.29, 0.717) is 30.8 Å². The SMILES string of the molecule is Cc1nn(CCC#N)c(C)c1CCC(=O)NC(c1ccc(Cl)cc1)C(C)C. The fourth-order valence-electron chi connectivity index (χ4n) is 3.26. The van der Waals surface area contributed by atoms with Gasteiger partial charge in [0.25, 0.3) is 0 Å². The van der Waals surface area contributed by atoms with E-state index < -0.39 is 0 Å². The largest absolute Gasteiger partial charge is 0.349 e. The lowest BCUT2D eigenvalue weighted by Crippen LogP contribution is -2.31. The molecule has 0 saturated carbocycles. The fourth-order valence-corrected chi connectivity index (χ4v) is 3.38. The van der Waals surface area contributed by atoms with Crippen LogP contribution >= 0.6 is 11.6 Å². The van der Waals surface area contributed by atoms with Gasteiger partial charge in [0.15, 0.2) is 0 Å². The highest BCUT2D eigenvalue weighted by Gasteiger charge is 2.19. The molecule has 1 aromatic carbocycles. The van der Waals surface area contributed by atoms with Crippen molar-refractivity contribution < 1.29 is 4.79 Å². The monoisotopic (exact) mass is 386 g/mol. The molecule has 1 unspecified atom stereocenters. The Morgan fingerprint density at radius 1 is 1.30 bits per heavy atom. The average molecular weight is 387 g/mol. The zero-order valence-electron chi connectivity index (χ0n) is 16.4. The number of hydrogen-bond donors (Lipinski definition) is 1. The van der Waals surface area contributed by atoms with Gasteiger partial charge in [0.05, 0.1) is 30.8 Å². The molecule has 0 fully saturated rings. The van der Waals surface area contributed by atoms with Crippen LogP contribution in [-0.4, -0.2) is 15.7 Å². The van der Waals surface area contributed by atoms with Crippen molar-refractivity contribution in [2.24, 2.45) is 5.92 Å². The Balaban J connectivity index is 2.01. The topological polar surface area (TPSA) is 70.7 Å². The van der Waals surface area contributed by atoms with Crippen molar-refractivity contribution in [2.45, 2.75) is 59.5 Å². The molecule has 1 amide bonds. The highest BCUT2D eigenvalue weighted by atomic mass is 35.5. The minimum atomic E-state index is -0.0460. The zero-order chi connectivity index (χ0) is 20.0. The summed E-state index contributed by atoms with van der Waals surface area (Å²) in [4.78, 5) is 12.6. The maximum atomic E-state index is 12.6. The smallest absolute Gasteiger partial charge is 0.220 e. The second kappa shape index (κ2) is 9.57. The van der Waals surface area contributed by atoms with Gasteiger partial charge >= 0.3 is 0 Å². The summed E-state index contributed by atoms with van der Waals surface area (Å²) in [5.74, 6) is 0.291. The predicted molar refractivity (Wildman–Crippen MR) is 107 cm³/mol. The molecule has 0 aliphatic heterocycles. The molecule has 1 N–H and O–H groups in total. The van der Waals surface area contributed by atoms with Crippen LogP contribution in [0.1, 0.15) is 55.2 Å². The lowest BCUT2D eigenvalue weighted by atomic mass is 9.95. The Labute approximate surface area is 166 Å². The average Bonchev–Trinajstić information content (AvgIpc) is 2.90. The van der Waals surface area contributed by atoms with Crippen LogP contribution in [0.5, 0.6) is 0 Å². The van der Waals surface area contributed by atoms with Crippen molar-refractivity contribution >= 4 is 17.5 Å². The molecule has 6 heteroatoms. The number of aromatic nitrogens is 2. The van der Waals surface area contributed by atoms with Crippen molar-refractivity contribution in [3.05, 3.63) is 51.8 Å². The number of rotatable bonds is 8. The first-order valence-corrected chi connectivity index (χ1v) is 9.66. The molecule has 0 radical (unpaired) electrons. The third-order valence-corrected chi connectivity index (χ3v) is 5.03. The van der Waals surface area contributed by atoms with Crippen LogP contribution in [0.2, 0.25) is 5.02 Å². The van der Waals surface area contributed by atoms with Gasteiger partial charge in [0, 0.05) is 17.1 Å². The number of nitrogens with zero attached hydrogens (tertiary/aromatic N) is 3. The lowest BCUT2D eigenvalue weighted by Gasteiger charge is -2.23. The Morgan fingerprint density at radius 2 is 1.96 bits per heavy atom. The van der Waals surface area contributed by atoms with Crippen LogP contribution in [0.4, 0.5) is 0 Å². The van der Waals surface area contributed by atoms with E-state index in [2.05, 4.69) is 30.3 Å². The second-order valence-electron chi connectivity index (χ2n) is 7.12. The zero-order valence-corrected chi connectivity index (χ0v) is 17.2. The number of hydrogen-bond acceptors (Lipinski definition) is 3. The van der Waals surface area contributed by atoms with Crippen LogP contribution in [0.3, 0.4) is 0 Å². The number of nitriles is 1. The molecular formula is C21H27ClN4O. The summed E-state index contributed by atoms with van der Waals surface area (Å²) in [5.41, 5.74) is 4.11. The van der Waals surface area contributed by atoms with Gasteiger partial charge in [-0.15, -0.1) is 0 Å². The van der Waals surface area contributed by atoms with E-state index in [1.54, 1.807) is 0 Å². The summed E-state index contributed by atoms with van der Waals surface area (Å²) in [6.45, 7) is 8.71. The lowest BCUT2D eigenvalue weighted by molar-refractivity contribution is -0.122.